The molecule has 0 spiro atoms. The van der Waals surface area contributed by atoms with E-state index in [9.17, 15) is 21.0 Å². The molecule has 0 aromatic rings. The van der Waals surface area contributed by atoms with Crippen LogP contribution < -0.4 is 0 Å². The molecule has 3 rings (SSSR count). The second kappa shape index (κ2) is 2.35. The molecule has 0 aromatic heterocycles. The first-order valence-electron chi connectivity index (χ1n) is 5.01. The third-order valence-electron chi connectivity index (χ3n) is 4.30. The van der Waals surface area contributed by atoms with Crippen molar-refractivity contribution < 1.29 is 4.74 Å². The second-order valence-corrected chi connectivity index (χ2v) is 4.58. The summed E-state index contributed by atoms with van der Waals surface area (Å²) in [4.78, 5) is 0. The van der Waals surface area contributed by atoms with E-state index in [-0.39, 0.29) is 24.0 Å². The second-order valence-electron chi connectivity index (χ2n) is 4.58. The highest BCUT2D eigenvalue weighted by molar-refractivity contribution is 5.45. The van der Waals surface area contributed by atoms with Crippen LogP contribution in [0.5, 0.6) is 0 Å². The number of fused-ring (bicyclic) bond motifs is 5. The first kappa shape index (κ1) is 9.17. The maximum atomic E-state index is 9.24. The van der Waals surface area contributed by atoms with E-state index in [1.165, 1.54) is 0 Å². The molecule has 3 aliphatic rings. The molecule has 2 aliphatic carbocycles. The van der Waals surface area contributed by atoms with E-state index in [4.69, 9.17) is 4.74 Å². The molecular weight excluding hydrogens is 204 g/mol. The number of hydrogen-bond acceptors (Lipinski definition) is 5. The molecule has 2 saturated carbocycles. The predicted molar refractivity (Wildman–Crippen MR) is 47.6 cm³/mol. The number of rotatable bonds is 0. The van der Waals surface area contributed by atoms with Gasteiger partial charge in [0.25, 0.3) is 0 Å². The van der Waals surface area contributed by atoms with Crippen molar-refractivity contribution in [2.75, 3.05) is 0 Å². The van der Waals surface area contributed by atoms with Gasteiger partial charge >= 0.3 is 0 Å². The lowest BCUT2D eigenvalue weighted by Crippen LogP contribution is -2.46. The standard InChI is InChI=1S/C11H6N4O/c12-2-10(3-13)6-1-7(9-8(6)16-9)11(10,4-14)5-15/h6-9H,1H2/t6-,7-,8-,9-/m0/s1. The molecule has 1 aliphatic heterocycles. The Bertz CT molecular complexity index is 464. The summed E-state index contributed by atoms with van der Waals surface area (Å²) >= 11 is 0. The summed E-state index contributed by atoms with van der Waals surface area (Å²) in [6.45, 7) is 0. The summed E-state index contributed by atoms with van der Waals surface area (Å²) in [5.41, 5.74) is -3.03. The van der Waals surface area contributed by atoms with E-state index in [1.54, 1.807) is 0 Å². The van der Waals surface area contributed by atoms with Gasteiger partial charge < -0.3 is 4.74 Å². The Kier molecular flexibility index (Phi) is 1.35. The minimum atomic E-state index is -1.52. The van der Waals surface area contributed by atoms with Gasteiger partial charge in [-0.3, -0.25) is 0 Å². The Balaban J connectivity index is 2.26. The largest absolute Gasteiger partial charge is 0.369 e. The Morgan fingerprint density at radius 2 is 1.19 bits per heavy atom. The quantitative estimate of drug-likeness (QED) is 0.540. The van der Waals surface area contributed by atoms with Gasteiger partial charge in [-0.15, -0.1) is 0 Å². The molecule has 0 unspecified atom stereocenters. The molecule has 1 saturated heterocycles. The lowest BCUT2D eigenvalue weighted by atomic mass is 9.58. The summed E-state index contributed by atoms with van der Waals surface area (Å²) in [7, 11) is 0. The fourth-order valence-corrected chi connectivity index (χ4v) is 3.49. The van der Waals surface area contributed by atoms with Crippen molar-refractivity contribution in [2.45, 2.75) is 18.6 Å². The zero-order valence-electron chi connectivity index (χ0n) is 8.21. The Morgan fingerprint density at radius 1 is 0.812 bits per heavy atom. The van der Waals surface area contributed by atoms with Crippen molar-refractivity contribution in [1.82, 2.24) is 0 Å². The van der Waals surface area contributed by atoms with Crippen LogP contribution >= 0.6 is 0 Å². The molecule has 4 atom stereocenters. The van der Waals surface area contributed by atoms with Crippen molar-refractivity contribution in [2.24, 2.45) is 22.7 Å². The molecule has 5 heteroatoms. The molecule has 0 N–H and O–H groups in total. The first-order valence-corrected chi connectivity index (χ1v) is 5.01. The van der Waals surface area contributed by atoms with Gasteiger partial charge in [-0.1, -0.05) is 0 Å². The van der Waals surface area contributed by atoms with Gasteiger partial charge in [-0.2, -0.15) is 21.0 Å². The summed E-state index contributed by atoms with van der Waals surface area (Å²) in [6.07, 6.45) is 0.413. The summed E-state index contributed by atoms with van der Waals surface area (Å²) in [5, 5.41) is 37.0. The molecule has 16 heavy (non-hydrogen) atoms. The van der Waals surface area contributed by atoms with Crippen LogP contribution in [0.3, 0.4) is 0 Å². The lowest BCUT2D eigenvalue weighted by Gasteiger charge is -2.32. The molecule has 0 amide bonds. The SMILES string of the molecule is N#CC1(C#N)[C@H]2C[C@@H]([C@@H]3O[C@H]32)C1(C#N)C#N. The van der Waals surface area contributed by atoms with Crippen LogP contribution in [0.15, 0.2) is 0 Å². The summed E-state index contributed by atoms with van der Waals surface area (Å²) in [5.74, 6) is -0.561. The minimum absolute atomic E-state index is 0.0841. The van der Waals surface area contributed by atoms with Crippen molar-refractivity contribution in [3.8, 4) is 24.3 Å². The lowest BCUT2D eigenvalue weighted by molar-refractivity contribution is 0.215. The van der Waals surface area contributed by atoms with Crippen molar-refractivity contribution >= 4 is 0 Å². The number of hydrogen-bond donors (Lipinski definition) is 0. The monoisotopic (exact) mass is 210 g/mol. The fourth-order valence-electron chi connectivity index (χ4n) is 3.49. The van der Waals surface area contributed by atoms with E-state index in [0.29, 0.717) is 6.42 Å². The van der Waals surface area contributed by atoms with Gasteiger partial charge in [0.2, 0.25) is 0 Å². The maximum Gasteiger partial charge on any atom is 0.181 e. The Labute approximate surface area is 92.1 Å². The van der Waals surface area contributed by atoms with Gasteiger partial charge in [0.15, 0.2) is 10.8 Å². The zero-order valence-corrected chi connectivity index (χ0v) is 8.21. The molecule has 0 radical (unpaired) electrons. The third-order valence-corrected chi connectivity index (χ3v) is 4.30. The van der Waals surface area contributed by atoms with E-state index in [0.717, 1.165) is 0 Å². The number of epoxide rings is 1. The number of ether oxygens (including phenoxy) is 1. The molecule has 1 heterocycles. The normalized spacial score (nSPS) is 43.2. The van der Waals surface area contributed by atoms with Gasteiger partial charge in [0, 0.05) is 11.8 Å². The van der Waals surface area contributed by atoms with Gasteiger partial charge in [-0.05, 0) is 6.42 Å². The van der Waals surface area contributed by atoms with Crippen LogP contribution in [-0.2, 0) is 4.74 Å². The predicted octanol–water partition coefficient (Wildman–Crippen LogP) is 0.471. The van der Waals surface area contributed by atoms with Gasteiger partial charge in [0.05, 0.1) is 36.5 Å². The molecular formula is C11H6N4O. The highest BCUT2D eigenvalue weighted by atomic mass is 16.6. The van der Waals surface area contributed by atoms with Crippen LogP contribution in [0.2, 0.25) is 0 Å². The van der Waals surface area contributed by atoms with Crippen LogP contribution in [-0.4, -0.2) is 12.2 Å². The van der Waals surface area contributed by atoms with Gasteiger partial charge in [-0.25, -0.2) is 0 Å². The third kappa shape index (κ3) is 0.594. The van der Waals surface area contributed by atoms with E-state index >= 15 is 0 Å². The Morgan fingerprint density at radius 3 is 1.50 bits per heavy atom. The molecule has 2 bridgehead atoms. The van der Waals surface area contributed by atoms with Crippen LogP contribution in [0.1, 0.15) is 6.42 Å². The van der Waals surface area contributed by atoms with Crippen LogP contribution in [0.25, 0.3) is 0 Å². The fraction of sp³-hybridized carbons (Fsp3) is 0.636. The molecule has 0 aromatic carbocycles. The zero-order chi connectivity index (χ0) is 11.6. The first-order chi connectivity index (χ1) is 7.70. The minimum Gasteiger partial charge on any atom is -0.369 e. The molecule has 5 nitrogen and oxygen atoms in total. The van der Waals surface area contributed by atoms with E-state index in [2.05, 4.69) is 0 Å². The molecule has 3 fully saturated rings. The number of nitriles is 4. The number of nitrogens with zero attached hydrogens (tertiary/aromatic N) is 4. The van der Waals surface area contributed by atoms with E-state index in [1.807, 2.05) is 24.3 Å². The van der Waals surface area contributed by atoms with Crippen LogP contribution in [0, 0.1) is 68.0 Å². The summed E-state index contributed by atoms with van der Waals surface area (Å²) in [6, 6.07) is 7.69. The van der Waals surface area contributed by atoms with Crippen LogP contribution in [0.4, 0.5) is 0 Å². The van der Waals surface area contributed by atoms with Gasteiger partial charge in [0.1, 0.15) is 0 Å². The van der Waals surface area contributed by atoms with E-state index < -0.39 is 10.8 Å². The maximum absolute atomic E-state index is 9.24. The topological polar surface area (TPSA) is 108 Å². The van der Waals surface area contributed by atoms with Crippen molar-refractivity contribution in [3.63, 3.8) is 0 Å². The Hall–Kier alpha value is -2.08. The summed E-state index contributed by atoms with van der Waals surface area (Å²) < 4.78 is 5.35. The highest BCUT2D eigenvalue weighted by Crippen LogP contribution is 2.71. The average molecular weight is 210 g/mol. The van der Waals surface area contributed by atoms with Crippen molar-refractivity contribution in [3.05, 3.63) is 0 Å². The highest BCUT2D eigenvalue weighted by Gasteiger charge is 2.82. The van der Waals surface area contributed by atoms with Crippen molar-refractivity contribution in [1.29, 1.82) is 21.0 Å². The molecule has 76 valence electrons. The smallest absolute Gasteiger partial charge is 0.181 e. The average Bonchev–Trinajstić information content (AvgIpc) is 2.97.